The fourth-order valence-electron chi connectivity index (χ4n) is 2.10. The highest BCUT2D eigenvalue weighted by Crippen LogP contribution is 2.35. The average molecular weight is 277 g/mol. The topological polar surface area (TPSA) is 74.7 Å². The summed E-state index contributed by atoms with van der Waals surface area (Å²) in [5.41, 5.74) is 0.177. The molecule has 1 fully saturated rings. The summed E-state index contributed by atoms with van der Waals surface area (Å²) in [5, 5.41) is 9.16. The monoisotopic (exact) mass is 277 g/mol. The van der Waals surface area contributed by atoms with Crippen molar-refractivity contribution in [3.8, 4) is 0 Å². The lowest BCUT2D eigenvalue weighted by molar-refractivity contribution is -0.148. The van der Waals surface area contributed by atoms with Gasteiger partial charge in [-0.05, 0) is 17.8 Å². The summed E-state index contributed by atoms with van der Waals surface area (Å²) in [6, 6.07) is -0.668. The summed E-state index contributed by atoms with van der Waals surface area (Å²) in [5.74, 6) is -0.510. The Balaban J connectivity index is 2.54. The molecule has 0 aromatic carbocycles. The third-order valence-corrected chi connectivity index (χ3v) is 4.60. The van der Waals surface area contributed by atoms with E-state index in [-0.39, 0.29) is 17.6 Å². The Morgan fingerprint density at radius 1 is 1.39 bits per heavy atom. The quantitative estimate of drug-likeness (QED) is 0.806. The van der Waals surface area contributed by atoms with Gasteiger partial charge in [0.15, 0.2) is 0 Å². The Morgan fingerprint density at radius 2 is 1.89 bits per heavy atom. The van der Waals surface area contributed by atoms with E-state index in [1.54, 1.807) is 0 Å². The molecule has 1 atom stereocenters. The smallest absolute Gasteiger partial charge is 0.320 e. The highest BCUT2D eigenvalue weighted by Gasteiger charge is 2.41. The van der Waals surface area contributed by atoms with Crippen molar-refractivity contribution < 1.29 is 18.3 Å². The van der Waals surface area contributed by atoms with Crippen molar-refractivity contribution >= 4 is 15.8 Å². The zero-order chi connectivity index (χ0) is 14.1. The van der Waals surface area contributed by atoms with Gasteiger partial charge in [-0.25, -0.2) is 8.42 Å². The number of rotatable bonds is 5. The molecule has 0 aromatic rings. The van der Waals surface area contributed by atoms with Crippen LogP contribution in [0.15, 0.2) is 0 Å². The Hall–Kier alpha value is -0.620. The first-order valence-corrected chi connectivity index (χ1v) is 8.21. The molecule has 1 unspecified atom stereocenters. The van der Waals surface area contributed by atoms with Gasteiger partial charge in [-0.15, -0.1) is 0 Å². The molecule has 0 bridgehead atoms. The summed E-state index contributed by atoms with van der Waals surface area (Å²) in [6.07, 6.45) is 1.31. The minimum absolute atomic E-state index is 0.0688. The molecule has 1 rings (SSSR count). The predicted octanol–water partition coefficient (Wildman–Crippen LogP) is 0.852. The van der Waals surface area contributed by atoms with Crippen LogP contribution < -0.4 is 0 Å². The normalized spacial score (nSPS) is 20.4. The zero-order valence-corrected chi connectivity index (χ0v) is 12.3. The number of nitrogens with zero attached hydrogens (tertiary/aromatic N) is 1. The van der Waals surface area contributed by atoms with Crippen LogP contribution in [0.1, 0.15) is 27.2 Å². The number of carboxylic acids is 1. The molecular formula is C12H23NO4S. The van der Waals surface area contributed by atoms with Crippen LogP contribution in [0.4, 0.5) is 0 Å². The molecule has 1 aliphatic heterocycles. The van der Waals surface area contributed by atoms with E-state index in [0.29, 0.717) is 5.92 Å². The van der Waals surface area contributed by atoms with E-state index in [1.807, 2.05) is 4.90 Å². The maximum atomic E-state index is 11.2. The van der Waals surface area contributed by atoms with Gasteiger partial charge in [0, 0.05) is 19.3 Å². The molecule has 0 saturated carbocycles. The Morgan fingerprint density at radius 3 is 2.22 bits per heavy atom. The largest absolute Gasteiger partial charge is 0.480 e. The van der Waals surface area contributed by atoms with Gasteiger partial charge in [0.25, 0.3) is 0 Å². The summed E-state index contributed by atoms with van der Waals surface area (Å²) in [6.45, 7) is 7.90. The van der Waals surface area contributed by atoms with Crippen LogP contribution in [0.2, 0.25) is 0 Å². The van der Waals surface area contributed by atoms with Crippen molar-refractivity contribution in [2.75, 3.05) is 25.1 Å². The van der Waals surface area contributed by atoms with Crippen molar-refractivity contribution in [3.05, 3.63) is 0 Å². The van der Waals surface area contributed by atoms with Crippen LogP contribution in [0.25, 0.3) is 0 Å². The number of carbonyl (C=O) groups is 1. The molecular weight excluding hydrogens is 254 g/mol. The number of hydrogen-bond acceptors (Lipinski definition) is 4. The van der Waals surface area contributed by atoms with Crippen LogP contribution >= 0.6 is 0 Å². The van der Waals surface area contributed by atoms with E-state index < -0.39 is 21.8 Å². The first-order valence-electron chi connectivity index (χ1n) is 6.15. The highest BCUT2D eigenvalue weighted by molar-refractivity contribution is 7.90. The number of hydrogen-bond donors (Lipinski definition) is 1. The van der Waals surface area contributed by atoms with Crippen molar-refractivity contribution in [1.82, 2.24) is 4.90 Å². The van der Waals surface area contributed by atoms with Crippen LogP contribution in [-0.4, -0.2) is 55.5 Å². The molecule has 6 heteroatoms. The zero-order valence-electron chi connectivity index (χ0n) is 11.5. The number of sulfone groups is 1. The van der Waals surface area contributed by atoms with Crippen molar-refractivity contribution in [2.45, 2.75) is 33.2 Å². The lowest BCUT2D eigenvalue weighted by Crippen LogP contribution is -2.58. The number of likely N-dealkylation sites (tertiary alicyclic amines) is 1. The van der Waals surface area contributed by atoms with Gasteiger partial charge in [-0.1, -0.05) is 20.8 Å². The Labute approximate surface area is 109 Å². The maximum absolute atomic E-state index is 11.2. The van der Waals surface area contributed by atoms with E-state index >= 15 is 0 Å². The molecule has 1 heterocycles. The van der Waals surface area contributed by atoms with E-state index in [2.05, 4.69) is 20.8 Å². The van der Waals surface area contributed by atoms with Gasteiger partial charge < -0.3 is 5.11 Å². The minimum atomic E-state index is -3.10. The van der Waals surface area contributed by atoms with Gasteiger partial charge in [-0.3, -0.25) is 9.69 Å². The third-order valence-electron chi connectivity index (χ3n) is 3.62. The third kappa shape index (κ3) is 4.24. The number of carboxylic acid groups (broad SMARTS) is 1. The number of aliphatic carboxylic acids is 1. The molecule has 106 valence electrons. The van der Waals surface area contributed by atoms with E-state index in [0.717, 1.165) is 19.3 Å². The second kappa shape index (κ2) is 5.17. The lowest BCUT2D eigenvalue weighted by atomic mass is 9.75. The second-order valence-corrected chi connectivity index (χ2v) is 8.55. The maximum Gasteiger partial charge on any atom is 0.320 e. The van der Waals surface area contributed by atoms with Crippen LogP contribution in [0.5, 0.6) is 0 Å². The Bertz CT molecular complexity index is 404. The first kappa shape index (κ1) is 15.4. The minimum Gasteiger partial charge on any atom is -0.480 e. The fourth-order valence-corrected chi connectivity index (χ4v) is 2.75. The lowest BCUT2D eigenvalue weighted by Gasteiger charge is -2.48. The van der Waals surface area contributed by atoms with E-state index in [9.17, 15) is 13.2 Å². The van der Waals surface area contributed by atoms with Crippen LogP contribution in [0.3, 0.4) is 0 Å². The Kier molecular flexibility index (Phi) is 4.43. The van der Waals surface area contributed by atoms with E-state index in [1.165, 1.54) is 0 Å². The van der Waals surface area contributed by atoms with Gasteiger partial charge in [0.1, 0.15) is 15.9 Å². The molecule has 0 amide bonds. The second-order valence-electron chi connectivity index (χ2n) is 6.29. The van der Waals surface area contributed by atoms with Crippen molar-refractivity contribution in [3.63, 3.8) is 0 Å². The fraction of sp³-hybridized carbons (Fsp3) is 0.917. The van der Waals surface area contributed by atoms with E-state index in [4.69, 9.17) is 5.11 Å². The standard InChI is InChI=1S/C12H23NO4S/c1-12(2,3)9-7-13(8-9)10(11(14)15)5-6-18(4,16)17/h9-10H,5-8H2,1-4H3,(H,14,15). The molecule has 1 saturated heterocycles. The molecule has 1 N–H and O–H groups in total. The summed E-state index contributed by atoms with van der Waals surface area (Å²) >= 11 is 0. The molecule has 0 spiro atoms. The highest BCUT2D eigenvalue weighted by atomic mass is 32.2. The van der Waals surface area contributed by atoms with Gasteiger partial charge in [0.05, 0.1) is 5.75 Å². The molecule has 0 radical (unpaired) electrons. The predicted molar refractivity (Wildman–Crippen MR) is 70.3 cm³/mol. The van der Waals surface area contributed by atoms with Gasteiger partial charge in [-0.2, -0.15) is 0 Å². The van der Waals surface area contributed by atoms with Crippen molar-refractivity contribution in [1.29, 1.82) is 0 Å². The molecule has 0 aromatic heterocycles. The molecule has 5 nitrogen and oxygen atoms in total. The molecule has 18 heavy (non-hydrogen) atoms. The van der Waals surface area contributed by atoms with Gasteiger partial charge >= 0.3 is 5.97 Å². The average Bonchev–Trinajstić information content (AvgIpc) is 2.03. The summed E-state index contributed by atoms with van der Waals surface area (Å²) < 4.78 is 22.2. The van der Waals surface area contributed by atoms with Crippen LogP contribution in [-0.2, 0) is 14.6 Å². The summed E-state index contributed by atoms with van der Waals surface area (Å²) in [7, 11) is -3.10. The molecule has 0 aliphatic carbocycles. The molecule has 1 aliphatic rings. The summed E-state index contributed by atoms with van der Waals surface area (Å²) in [4.78, 5) is 13.0. The van der Waals surface area contributed by atoms with Crippen LogP contribution in [0, 0.1) is 11.3 Å². The van der Waals surface area contributed by atoms with Gasteiger partial charge in [0.2, 0.25) is 0 Å². The first-order chi connectivity index (χ1) is 8.00. The SMILES string of the molecule is CC(C)(C)C1CN(C(CCS(C)(=O)=O)C(=O)O)C1. The van der Waals surface area contributed by atoms with Crippen molar-refractivity contribution in [2.24, 2.45) is 11.3 Å².